The van der Waals surface area contributed by atoms with Gasteiger partial charge in [0.15, 0.2) is 0 Å². The van der Waals surface area contributed by atoms with Gasteiger partial charge < -0.3 is 4.90 Å². The van der Waals surface area contributed by atoms with Gasteiger partial charge in [-0.05, 0) is 29.7 Å². The van der Waals surface area contributed by atoms with Crippen LogP contribution in [0.15, 0.2) is 42.6 Å². The maximum absolute atomic E-state index is 4.10. The molecule has 0 aromatic heterocycles. The van der Waals surface area contributed by atoms with Gasteiger partial charge in [-0.25, -0.2) is 0 Å². The van der Waals surface area contributed by atoms with Crippen LogP contribution in [-0.4, -0.2) is 18.5 Å². The van der Waals surface area contributed by atoms with Gasteiger partial charge in [-0.15, -0.1) is 0 Å². The average Bonchev–Trinajstić information content (AvgIpc) is 3.01. The van der Waals surface area contributed by atoms with E-state index in [1.165, 1.54) is 17.7 Å². The first-order valence-corrected chi connectivity index (χ1v) is 6.52. The molecular weight excluding hydrogens is 206 g/mol. The van der Waals surface area contributed by atoms with Crippen LogP contribution in [0, 0.1) is 5.92 Å². The van der Waals surface area contributed by atoms with E-state index in [4.69, 9.17) is 0 Å². The molecule has 1 nitrogen and oxygen atoms in total. The number of benzene rings is 1. The van der Waals surface area contributed by atoms with Gasteiger partial charge in [-0.1, -0.05) is 50.8 Å². The van der Waals surface area contributed by atoms with E-state index >= 15 is 0 Å². The topological polar surface area (TPSA) is 3.24 Å². The lowest BCUT2D eigenvalue weighted by Crippen LogP contribution is -2.22. The third kappa shape index (κ3) is 2.38. The lowest BCUT2D eigenvalue weighted by Gasteiger charge is -2.22. The minimum absolute atomic E-state index is 0.392. The lowest BCUT2D eigenvalue weighted by molar-refractivity contribution is 0.373. The highest BCUT2D eigenvalue weighted by Gasteiger charge is 2.51. The van der Waals surface area contributed by atoms with Crippen molar-refractivity contribution in [1.82, 2.24) is 4.90 Å². The standard InChI is InChI=1S/C16H23N/c1-5-13(2)17(4)12-15-11-16(15,3)14-9-7-6-8-10-14/h6-10,15H,2,5,11-12H2,1,3-4H3. The predicted octanol–water partition coefficient (Wildman–Crippen LogP) is 3.82. The van der Waals surface area contributed by atoms with Crippen LogP contribution in [0.4, 0.5) is 0 Å². The number of hydrogen-bond donors (Lipinski definition) is 0. The Morgan fingerprint density at radius 2 is 2.06 bits per heavy atom. The molecule has 1 fully saturated rings. The summed E-state index contributed by atoms with van der Waals surface area (Å²) in [5.74, 6) is 0.776. The molecule has 0 amide bonds. The maximum atomic E-state index is 4.10. The van der Waals surface area contributed by atoms with Gasteiger partial charge in [0.05, 0.1) is 0 Å². The molecule has 0 N–H and O–H groups in total. The quantitative estimate of drug-likeness (QED) is 0.742. The first-order valence-electron chi connectivity index (χ1n) is 6.52. The van der Waals surface area contributed by atoms with Crippen LogP contribution >= 0.6 is 0 Å². The summed E-state index contributed by atoms with van der Waals surface area (Å²) in [7, 11) is 2.16. The molecule has 17 heavy (non-hydrogen) atoms. The van der Waals surface area contributed by atoms with E-state index in [1.807, 2.05) is 0 Å². The highest BCUT2D eigenvalue weighted by Crippen LogP contribution is 2.54. The van der Waals surface area contributed by atoms with Crippen LogP contribution in [0.5, 0.6) is 0 Å². The molecule has 0 spiro atoms. The maximum Gasteiger partial charge on any atom is 0.0208 e. The van der Waals surface area contributed by atoms with Crippen molar-refractivity contribution in [3.63, 3.8) is 0 Å². The summed E-state index contributed by atoms with van der Waals surface area (Å²) in [6.45, 7) is 9.79. The van der Waals surface area contributed by atoms with Crippen molar-refractivity contribution in [3.8, 4) is 0 Å². The number of nitrogens with zero attached hydrogens (tertiary/aromatic N) is 1. The molecule has 0 heterocycles. The van der Waals surface area contributed by atoms with E-state index in [0.29, 0.717) is 5.41 Å². The van der Waals surface area contributed by atoms with Gasteiger partial charge in [0.25, 0.3) is 0 Å². The van der Waals surface area contributed by atoms with Crippen LogP contribution in [0.3, 0.4) is 0 Å². The second kappa shape index (κ2) is 4.56. The van der Waals surface area contributed by atoms with Crippen LogP contribution in [0.25, 0.3) is 0 Å². The Hall–Kier alpha value is -1.24. The van der Waals surface area contributed by atoms with E-state index in [0.717, 1.165) is 18.9 Å². The molecule has 2 rings (SSSR count). The average molecular weight is 229 g/mol. The summed E-state index contributed by atoms with van der Waals surface area (Å²) >= 11 is 0. The fraction of sp³-hybridized carbons (Fsp3) is 0.500. The number of allylic oxidation sites excluding steroid dienone is 1. The van der Waals surface area contributed by atoms with Crippen molar-refractivity contribution in [2.24, 2.45) is 5.92 Å². The molecular formula is C16H23N. The van der Waals surface area contributed by atoms with E-state index in [1.54, 1.807) is 0 Å². The molecule has 0 saturated heterocycles. The van der Waals surface area contributed by atoms with Crippen molar-refractivity contribution in [1.29, 1.82) is 0 Å². The van der Waals surface area contributed by atoms with Crippen molar-refractivity contribution < 1.29 is 0 Å². The Morgan fingerprint density at radius 1 is 1.41 bits per heavy atom. The second-order valence-electron chi connectivity index (χ2n) is 5.48. The summed E-state index contributed by atoms with van der Waals surface area (Å²) in [4.78, 5) is 2.32. The molecule has 1 saturated carbocycles. The lowest BCUT2D eigenvalue weighted by atomic mass is 9.95. The van der Waals surface area contributed by atoms with Crippen LogP contribution in [0.2, 0.25) is 0 Å². The Kier molecular flexibility index (Phi) is 3.28. The van der Waals surface area contributed by atoms with Crippen molar-refractivity contribution in [2.45, 2.75) is 32.1 Å². The molecule has 1 aromatic carbocycles. The van der Waals surface area contributed by atoms with Crippen molar-refractivity contribution in [2.75, 3.05) is 13.6 Å². The van der Waals surface area contributed by atoms with E-state index < -0.39 is 0 Å². The van der Waals surface area contributed by atoms with Crippen molar-refractivity contribution >= 4 is 0 Å². The Balaban J connectivity index is 1.98. The zero-order chi connectivity index (χ0) is 12.5. The highest BCUT2D eigenvalue weighted by atomic mass is 15.1. The second-order valence-corrected chi connectivity index (χ2v) is 5.48. The SMILES string of the molecule is C=C(CC)N(C)CC1CC1(C)c1ccccc1. The third-order valence-electron chi connectivity index (χ3n) is 4.29. The molecule has 0 aliphatic heterocycles. The normalized spacial score (nSPS) is 26.6. The van der Waals surface area contributed by atoms with Gasteiger partial charge in [0.2, 0.25) is 0 Å². The Morgan fingerprint density at radius 3 is 2.65 bits per heavy atom. The fourth-order valence-electron chi connectivity index (χ4n) is 2.62. The molecule has 1 aliphatic carbocycles. The fourth-order valence-corrected chi connectivity index (χ4v) is 2.62. The monoisotopic (exact) mass is 229 g/mol. The minimum Gasteiger partial charge on any atom is -0.378 e. The zero-order valence-corrected chi connectivity index (χ0v) is 11.2. The molecule has 2 atom stereocenters. The van der Waals surface area contributed by atoms with Gasteiger partial charge >= 0.3 is 0 Å². The summed E-state index contributed by atoms with van der Waals surface area (Å²) in [5, 5.41) is 0. The van der Waals surface area contributed by atoms with E-state index in [2.05, 4.69) is 62.7 Å². The van der Waals surface area contributed by atoms with E-state index in [-0.39, 0.29) is 0 Å². The van der Waals surface area contributed by atoms with Crippen LogP contribution < -0.4 is 0 Å². The van der Waals surface area contributed by atoms with Gasteiger partial charge in [0.1, 0.15) is 0 Å². The first kappa shape index (κ1) is 12.2. The van der Waals surface area contributed by atoms with Crippen molar-refractivity contribution in [3.05, 3.63) is 48.2 Å². The van der Waals surface area contributed by atoms with Crippen LogP contribution in [0.1, 0.15) is 32.3 Å². The minimum atomic E-state index is 0.392. The van der Waals surface area contributed by atoms with Crippen LogP contribution in [-0.2, 0) is 5.41 Å². The Bertz CT molecular complexity index is 395. The predicted molar refractivity (Wildman–Crippen MR) is 74.0 cm³/mol. The number of hydrogen-bond acceptors (Lipinski definition) is 1. The zero-order valence-electron chi connectivity index (χ0n) is 11.2. The van der Waals surface area contributed by atoms with Gasteiger partial charge in [-0.2, -0.15) is 0 Å². The molecule has 1 aliphatic rings. The summed E-state index contributed by atoms with van der Waals surface area (Å²) in [5.41, 5.74) is 3.12. The molecule has 1 aromatic rings. The third-order valence-corrected chi connectivity index (χ3v) is 4.29. The summed E-state index contributed by atoms with van der Waals surface area (Å²) in [6.07, 6.45) is 2.35. The smallest absolute Gasteiger partial charge is 0.0208 e. The summed E-state index contributed by atoms with van der Waals surface area (Å²) in [6, 6.07) is 10.9. The first-order chi connectivity index (χ1) is 8.08. The van der Waals surface area contributed by atoms with Gasteiger partial charge in [-0.3, -0.25) is 0 Å². The molecule has 92 valence electrons. The molecule has 0 bridgehead atoms. The molecule has 2 unspecified atom stereocenters. The largest absolute Gasteiger partial charge is 0.378 e. The Labute approximate surface area is 105 Å². The number of rotatable bonds is 5. The highest BCUT2D eigenvalue weighted by molar-refractivity contribution is 5.32. The molecule has 1 heteroatoms. The molecule has 0 radical (unpaired) electrons. The van der Waals surface area contributed by atoms with E-state index in [9.17, 15) is 0 Å². The van der Waals surface area contributed by atoms with Gasteiger partial charge in [0, 0.05) is 19.3 Å². The summed E-state index contributed by atoms with van der Waals surface area (Å²) < 4.78 is 0.